The van der Waals surface area contributed by atoms with Gasteiger partial charge < -0.3 is 10.3 Å². The molecule has 0 aliphatic rings. The average molecular weight is 387 g/mol. The summed E-state index contributed by atoms with van der Waals surface area (Å²) in [4.78, 5) is 5.57. The number of fused-ring (bicyclic) bond motifs is 1. The topological polar surface area (TPSA) is 43.8 Å². The number of hydrogen-bond acceptors (Lipinski definition) is 3. The number of rotatable bonds is 3. The summed E-state index contributed by atoms with van der Waals surface area (Å²) in [5.41, 5.74) is 7.42. The van der Waals surface area contributed by atoms with Crippen molar-refractivity contribution in [3.8, 4) is 0 Å². The predicted octanol–water partition coefficient (Wildman–Crippen LogP) is 3.67. The smallest absolute Gasteiger partial charge is 0.201 e. The van der Waals surface area contributed by atoms with Crippen molar-refractivity contribution < 1.29 is 4.39 Å². The Kier molecular flexibility index (Phi) is 3.44. The SMILES string of the molecule is Nc1nc2cc(I)c(F)cc2n1CCc1cccs1. The number of nitrogens with two attached hydrogens (primary N) is 1. The molecule has 0 aliphatic carbocycles. The van der Waals surface area contributed by atoms with Crippen molar-refractivity contribution in [2.75, 3.05) is 5.73 Å². The summed E-state index contributed by atoms with van der Waals surface area (Å²) in [5.74, 6) is 0.207. The van der Waals surface area contributed by atoms with Gasteiger partial charge in [0.05, 0.1) is 14.6 Å². The molecule has 3 rings (SSSR count). The number of nitrogen functional groups attached to an aromatic ring is 1. The van der Waals surface area contributed by atoms with Crippen LogP contribution in [0.4, 0.5) is 10.3 Å². The Labute approximate surface area is 127 Å². The first-order valence-corrected chi connectivity index (χ1v) is 7.74. The Hall–Kier alpha value is -1.15. The van der Waals surface area contributed by atoms with Gasteiger partial charge in [0.15, 0.2) is 0 Å². The van der Waals surface area contributed by atoms with Crippen LogP contribution in [0.1, 0.15) is 4.88 Å². The zero-order chi connectivity index (χ0) is 13.4. The quantitative estimate of drug-likeness (QED) is 0.698. The second-order valence-corrected chi connectivity index (χ2v) is 6.40. The van der Waals surface area contributed by atoms with Crippen molar-refractivity contribution in [2.45, 2.75) is 13.0 Å². The van der Waals surface area contributed by atoms with Crippen LogP contribution in [0.15, 0.2) is 29.6 Å². The lowest BCUT2D eigenvalue weighted by Gasteiger charge is -2.05. The molecule has 2 N–H and O–H groups in total. The van der Waals surface area contributed by atoms with Gasteiger partial charge in [0.2, 0.25) is 5.95 Å². The third-order valence-electron chi connectivity index (χ3n) is 2.98. The summed E-state index contributed by atoms with van der Waals surface area (Å²) < 4.78 is 16.1. The zero-order valence-electron chi connectivity index (χ0n) is 9.94. The van der Waals surface area contributed by atoms with Gasteiger partial charge in [-0.05, 0) is 46.5 Å². The van der Waals surface area contributed by atoms with E-state index in [-0.39, 0.29) is 5.82 Å². The van der Waals surface area contributed by atoms with Crippen LogP contribution in [-0.2, 0) is 13.0 Å². The van der Waals surface area contributed by atoms with Gasteiger partial charge in [-0.25, -0.2) is 9.37 Å². The molecule has 0 atom stereocenters. The summed E-state index contributed by atoms with van der Waals surface area (Å²) >= 11 is 3.67. The minimum atomic E-state index is -0.231. The van der Waals surface area contributed by atoms with E-state index >= 15 is 0 Å². The first kappa shape index (κ1) is 12.9. The van der Waals surface area contributed by atoms with E-state index in [0.29, 0.717) is 16.1 Å². The molecule has 2 heterocycles. The van der Waals surface area contributed by atoms with E-state index in [1.165, 1.54) is 10.9 Å². The molecule has 0 saturated heterocycles. The van der Waals surface area contributed by atoms with Crippen molar-refractivity contribution in [3.05, 3.63) is 43.9 Å². The maximum absolute atomic E-state index is 13.7. The summed E-state index contributed by atoms with van der Waals surface area (Å²) in [6.07, 6.45) is 0.876. The molecule has 0 aliphatic heterocycles. The molecule has 0 fully saturated rings. The van der Waals surface area contributed by atoms with Crippen LogP contribution in [0.3, 0.4) is 0 Å². The van der Waals surface area contributed by atoms with E-state index in [9.17, 15) is 4.39 Å². The highest BCUT2D eigenvalue weighted by atomic mass is 127. The Morgan fingerprint density at radius 1 is 1.42 bits per heavy atom. The van der Waals surface area contributed by atoms with Gasteiger partial charge >= 0.3 is 0 Å². The highest BCUT2D eigenvalue weighted by Gasteiger charge is 2.11. The minimum Gasteiger partial charge on any atom is -0.369 e. The third-order valence-corrected chi connectivity index (χ3v) is 4.74. The van der Waals surface area contributed by atoms with Crippen LogP contribution >= 0.6 is 33.9 Å². The number of benzene rings is 1. The number of nitrogens with zero attached hydrogens (tertiary/aromatic N) is 2. The van der Waals surface area contributed by atoms with Crippen LogP contribution in [0.5, 0.6) is 0 Å². The van der Waals surface area contributed by atoms with Crippen molar-refractivity contribution in [3.63, 3.8) is 0 Å². The molecule has 0 radical (unpaired) electrons. The number of aryl methyl sites for hydroxylation is 2. The van der Waals surface area contributed by atoms with E-state index in [1.807, 2.05) is 38.6 Å². The standard InChI is InChI=1S/C13H11FIN3S/c14-9-6-12-11(7-10(9)15)17-13(16)18(12)4-3-8-2-1-5-19-8/h1-2,5-7H,3-4H2,(H2,16,17). The maximum atomic E-state index is 13.7. The van der Waals surface area contributed by atoms with Crippen LogP contribution < -0.4 is 5.73 Å². The van der Waals surface area contributed by atoms with E-state index in [0.717, 1.165) is 17.5 Å². The fraction of sp³-hybridized carbons (Fsp3) is 0.154. The normalized spacial score (nSPS) is 11.3. The Balaban J connectivity index is 1.98. The number of imidazole rings is 1. The van der Waals surface area contributed by atoms with Crippen molar-refractivity contribution in [1.29, 1.82) is 0 Å². The Morgan fingerprint density at radius 3 is 3.00 bits per heavy atom. The van der Waals surface area contributed by atoms with Crippen molar-refractivity contribution in [1.82, 2.24) is 9.55 Å². The molecule has 3 nitrogen and oxygen atoms in total. The molecule has 0 saturated carbocycles. The molecule has 2 aromatic heterocycles. The summed E-state index contributed by atoms with van der Waals surface area (Å²) in [6.45, 7) is 0.711. The molecule has 0 amide bonds. The summed E-state index contributed by atoms with van der Waals surface area (Å²) in [7, 11) is 0. The summed E-state index contributed by atoms with van der Waals surface area (Å²) in [5, 5.41) is 2.05. The molecular weight excluding hydrogens is 376 g/mol. The minimum absolute atomic E-state index is 0.231. The lowest BCUT2D eigenvalue weighted by molar-refractivity contribution is 0.620. The Bertz CT molecular complexity index is 721. The fourth-order valence-corrected chi connectivity index (χ4v) is 3.20. The molecule has 3 aromatic rings. The Morgan fingerprint density at radius 2 is 2.26 bits per heavy atom. The molecule has 0 unspecified atom stereocenters. The van der Waals surface area contributed by atoms with Gasteiger partial charge in [0, 0.05) is 17.5 Å². The highest BCUT2D eigenvalue weighted by Crippen LogP contribution is 2.23. The van der Waals surface area contributed by atoms with Gasteiger partial charge in [-0.1, -0.05) is 6.07 Å². The number of halogens is 2. The van der Waals surface area contributed by atoms with E-state index < -0.39 is 0 Å². The lowest BCUT2D eigenvalue weighted by atomic mass is 10.3. The average Bonchev–Trinajstić information content (AvgIpc) is 2.96. The number of hydrogen-bond donors (Lipinski definition) is 1. The van der Waals surface area contributed by atoms with Gasteiger partial charge in [0.1, 0.15) is 5.82 Å². The molecule has 6 heteroatoms. The fourth-order valence-electron chi connectivity index (χ4n) is 2.05. The highest BCUT2D eigenvalue weighted by molar-refractivity contribution is 14.1. The number of anilines is 1. The maximum Gasteiger partial charge on any atom is 0.201 e. The van der Waals surface area contributed by atoms with Crippen LogP contribution in [0, 0.1) is 9.39 Å². The molecule has 1 aromatic carbocycles. The molecule has 19 heavy (non-hydrogen) atoms. The number of aromatic nitrogens is 2. The zero-order valence-corrected chi connectivity index (χ0v) is 12.9. The first-order chi connectivity index (χ1) is 9.15. The predicted molar refractivity (Wildman–Crippen MR) is 84.8 cm³/mol. The van der Waals surface area contributed by atoms with E-state index in [2.05, 4.69) is 11.1 Å². The number of thiophene rings is 1. The monoisotopic (exact) mass is 387 g/mol. The second-order valence-electron chi connectivity index (χ2n) is 4.21. The first-order valence-electron chi connectivity index (χ1n) is 5.78. The van der Waals surface area contributed by atoms with E-state index in [1.54, 1.807) is 17.4 Å². The van der Waals surface area contributed by atoms with Crippen LogP contribution in [0.25, 0.3) is 11.0 Å². The molecular formula is C13H11FIN3S. The van der Waals surface area contributed by atoms with Crippen LogP contribution in [-0.4, -0.2) is 9.55 Å². The largest absolute Gasteiger partial charge is 0.369 e. The van der Waals surface area contributed by atoms with Crippen LogP contribution in [0.2, 0.25) is 0 Å². The van der Waals surface area contributed by atoms with Gasteiger partial charge in [-0.3, -0.25) is 0 Å². The summed E-state index contributed by atoms with van der Waals surface area (Å²) in [6, 6.07) is 7.35. The van der Waals surface area contributed by atoms with Gasteiger partial charge in [0.25, 0.3) is 0 Å². The molecule has 98 valence electrons. The van der Waals surface area contributed by atoms with Crippen molar-refractivity contribution in [2.24, 2.45) is 0 Å². The lowest BCUT2D eigenvalue weighted by Crippen LogP contribution is -2.05. The third kappa shape index (κ3) is 2.46. The molecule has 0 bridgehead atoms. The second kappa shape index (κ2) is 5.09. The van der Waals surface area contributed by atoms with Gasteiger partial charge in [-0.15, -0.1) is 11.3 Å². The van der Waals surface area contributed by atoms with Gasteiger partial charge in [-0.2, -0.15) is 0 Å². The van der Waals surface area contributed by atoms with Crippen molar-refractivity contribution >= 4 is 50.9 Å². The molecule has 0 spiro atoms. The van der Waals surface area contributed by atoms with E-state index in [4.69, 9.17) is 5.73 Å².